The van der Waals surface area contributed by atoms with Gasteiger partial charge in [-0.25, -0.2) is 9.37 Å². The molecule has 6 N–H and O–H groups in total. The van der Waals surface area contributed by atoms with Crippen LogP contribution in [-0.4, -0.2) is 39.0 Å². The van der Waals surface area contributed by atoms with Crippen molar-refractivity contribution in [2.24, 2.45) is 11.5 Å². The molecule has 0 aliphatic carbocycles. The number of hydrogen-bond donors (Lipinski definition) is 4. The molecule has 3 heterocycles. The Hall–Kier alpha value is -4.83. The van der Waals surface area contributed by atoms with Crippen LogP contribution in [0.1, 0.15) is 21.9 Å². The normalized spacial score (nSPS) is 11.0. The fourth-order valence-corrected chi connectivity index (χ4v) is 4.12. The van der Waals surface area contributed by atoms with Gasteiger partial charge in [-0.05, 0) is 55.5 Å². The Kier molecular flexibility index (Phi) is 6.96. The van der Waals surface area contributed by atoms with Crippen molar-refractivity contribution in [3.63, 3.8) is 0 Å². The van der Waals surface area contributed by atoms with E-state index in [0.717, 1.165) is 39.6 Å². The van der Waals surface area contributed by atoms with Crippen molar-refractivity contribution in [3.05, 3.63) is 89.8 Å². The standard InChI is InChI=1S/C28H26FN7O2/c1-16-3-2-4-24(34-16)27-26(17-5-6-23-18(9-17)12-22(14-33-23)38-8-7-30)35-25(36-27)15-32-21-11-19(28(31)37)10-20(29)13-21/h2-6,9-14,32H,7-8,15,30H2,1H3,(H2,31,37)(H,35,36). The third-order valence-corrected chi connectivity index (χ3v) is 5.86. The first kappa shape index (κ1) is 24.8. The van der Waals surface area contributed by atoms with E-state index < -0.39 is 11.7 Å². The number of rotatable bonds is 9. The number of halogens is 1. The molecule has 0 spiro atoms. The molecule has 0 unspecified atom stereocenters. The molecule has 192 valence electrons. The van der Waals surface area contributed by atoms with Gasteiger partial charge in [-0.1, -0.05) is 12.1 Å². The summed E-state index contributed by atoms with van der Waals surface area (Å²) >= 11 is 0. The first-order valence-electron chi connectivity index (χ1n) is 12.0. The van der Waals surface area contributed by atoms with E-state index in [-0.39, 0.29) is 12.1 Å². The number of anilines is 1. The van der Waals surface area contributed by atoms with E-state index in [0.29, 0.717) is 36.1 Å². The summed E-state index contributed by atoms with van der Waals surface area (Å²) in [6, 6.07) is 17.5. The average molecular weight is 512 g/mol. The molecule has 0 atom stereocenters. The van der Waals surface area contributed by atoms with Gasteiger partial charge in [0.1, 0.15) is 24.0 Å². The van der Waals surface area contributed by atoms with Crippen molar-refractivity contribution < 1.29 is 13.9 Å². The number of pyridine rings is 2. The summed E-state index contributed by atoms with van der Waals surface area (Å²) in [6.07, 6.45) is 1.67. The van der Waals surface area contributed by atoms with Crippen LogP contribution < -0.4 is 21.5 Å². The molecule has 0 bridgehead atoms. The molecule has 0 aliphatic rings. The van der Waals surface area contributed by atoms with Gasteiger partial charge >= 0.3 is 0 Å². The number of benzene rings is 2. The number of primary amides is 1. The number of aromatic nitrogens is 4. The number of carbonyl (C=O) groups is 1. The van der Waals surface area contributed by atoms with Crippen LogP contribution in [0.25, 0.3) is 33.5 Å². The van der Waals surface area contributed by atoms with Crippen LogP contribution in [0.2, 0.25) is 0 Å². The zero-order chi connectivity index (χ0) is 26.6. The Morgan fingerprint density at radius 1 is 1.11 bits per heavy atom. The average Bonchev–Trinajstić information content (AvgIpc) is 3.34. The van der Waals surface area contributed by atoms with Crippen LogP contribution in [0.15, 0.2) is 66.9 Å². The molecule has 0 fully saturated rings. The number of carbonyl (C=O) groups excluding carboxylic acids is 1. The lowest BCUT2D eigenvalue weighted by Gasteiger charge is -2.07. The molecular weight excluding hydrogens is 485 g/mol. The summed E-state index contributed by atoms with van der Waals surface area (Å²) in [6.45, 7) is 2.98. The van der Waals surface area contributed by atoms with E-state index in [4.69, 9.17) is 21.2 Å². The topological polar surface area (TPSA) is 145 Å². The molecule has 2 aromatic carbocycles. The molecule has 10 heteroatoms. The molecule has 0 saturated heterocycles. The Balaban J connectivity index is 1.52. The lowest BCUT2D eigenvalue weighted by molar-refractivity contribution is 0.1000. The lowest BCUT2D eigenvalue weighted by Crippen LogP contribution is -2.12. The largest absolute Gasteiger partial charge is 0.491 e. The van der Waals surface area contributed by atoms with Crippen LogP contribution in [0, 0.1) is 12.7 Å². The van der Waals surface area contributed by atoms with Gasteiger partial charge < -0.3 is 26.5 Å². The van der Waals surface area contributed by atoms with Crippen molar-refractivity contribution in [2.45, 2.75) is 13.5 Å². The van der Waals surface area contributed by atoms with E-state index in [9.17, 15) is 9.18 Å². The minimum atomic E-state index is -0.706. The molecule has 9 nitrogen and oxygen atoms in total. The minimum Gasteiger partial charge on any atom is -0.491 e. The number of hydrogen-bond acceptors (Lipinski definition) is 7. The van der Waals surface area contributed by atoms with Crippen molar-refractivity contribution in [3.8, 4) is 28.4 Å². The number of aryl methyl sites for hydroxylation is 1. The van der Waals surface area contributed by atoms with E-state index in [2.05, 4.69) is 20.3 Å². The van der Waals surface area contributed by atoms with Crippen molar-refractivity contribution in [1.29, 1.82) is 0 Å². The predicted octanol–water partition coefficient (Wildman–Crippen LogP) is 4.18. The molecule has 3 aromatic heterocycles. The predicted molar refractivity (Wildman–Crippen MR) is 144 cm³/mol. The second-order valence-electron chi connectivity index (χ2n) is 8.73. The van der Waals surface area contributed by atoms with Gasteiger partial charge in [0.25, 0.3) is 0 Å². The van der Waals surface area contributed by atoms with Gasteiger partial charge in [0.05, 0.1) is 35.3 Å². The molecule has 0 saturated carbocycles. The van der Waals surface area contributed by atoms with Crippen LogP contribution in [-0.2, 0) is 6.54 Å². The van der Waals surface area contributed by atoms with Gasteiger partial charge in [0, 0.05) is 34.4 Å². The summed E-state index contributed by atoms with van der Waals surface area (Å²) in [5.41, 5.74) is 16.1. The first-order valence-corrected chi connectivity index (χ1v) is 12.0. The van der Waals surface area contributed by atoms with Gasteiger partial charge in [0.2, 0.25) is 5.91 Å². The molecule has 1 amide bonds. The number of imidazole rings is 1. The number of amides is 1. The number of ether oxygens (including phenoxy) is 1. The second kappa shape index (κ2) is 10.7. The maximum atomic E-state index is 14.0. The van der Waals surface area contributed by atoms with Crippen LogP contribution in [0.4, 0.5) is 10.1 Å². The zero-order valence-corrected chi connectivity index (χ0v) is 20.7. The zero-order valence-electron chi connectivity index (χ0n) is 20.7. The Morgan fingerprint density at radius 2 is 1.97 bits per heavy atom. The number of aromatic amines is 1. The molecule has 5 aromatic rings. The fraction of sp³-hybridized carbons (Fsp3) is 0.143. The van der Waals surface area contributed by atoms with Gasteiger partial charge in [0.15, 0.2) is 0 Å². The summed E-state index contributed by atoms with van der Waals surface area (Å²) in [5, 5.41) is 4.00. The monoisotopic (exact) mass is 511 g/mol. The van der Waals surface area contributed by atoms with Crippen molar-refractivity contribution in [1.82, 2.24) is 19.9 Å². The van der Waals surface area contributed by atoms with E-state index in [1.807, 2.05) is 49.4 Å². The van der Waals surface area contributed by atoms with Gasteiger partial charge in [-0.3, -0.25) is 14.8 Å². The lowest BCUT2D eigenvalue weighted by atomic mass is 10.1. The van der Waals surface area contributed by atoms with Crippen LogP contribution >= 0.6 is 0 Å². The summed E-state index contributed by atoms with van der Waals surface area (Å²) in [4.78, 5) is 28.9. The quantitative estimate of drug-likeness (QED) is 0.232. The number of nitrogens with two attached hydrogens (primary N) is 2. The van der Waals surface area contributed by atoms with E-state index in [1.54, 1.807) is 6.20 Å². The third kappa shape index (κ3) is 5.45. The number of nitrogens with one attached hydrogen (secondary N) is 2. The van der Waals surface area contributed by atoms with Gasteiger partial charge in [-0.15, -0.1) is 0 Å². The van der Waals surface area contributed by atoms with Gasteiger partial charge in [-0.2, -0.15) is 0 Å². The Morgan fingerprint density at radius 3 is 2.76 bits per heavy atom. The SMILES string of the molecule is Cc1cccc(-c2[nH]c(CNc3cc(F)cc(C(N)=O)c3)nc2-c2ccc3ncc(OCCN)cc3c2)n1. The molecule has 0 aliphatic heterocycles. The van der Waals surface area contributed by atoms with Crippen LogP contribution in [0.3, 0.4) is 0 Å². The summed E-state index contributed by atoms with van der Waals surface area (Å²) < 4.78 is 19.6. The highest BCUT2D eigenvalue weighted by atomic mass is 19.1. The highest BCUT2D eigenvalue weighted by molar-refractivity contribution is 5.93. The minimum absolute atomic E-state index is 0.0804. The number of fused-ring (bicyclic) bond motifs is 1. The summed E-state index contributed by atoms with van der Waals surface area (Å²) in [5.74, 6) is -0.0318. The highest BCUT2D eigenvalue weighted by Gasteiger charge is 2.17. The molecule has 38 heavy (non-hydrogen) atoms. The second-order valence-corrected chi connectivity index (χ2v) is 8.73. The Bertz CT molecular complexity index is 1630. The summed E-state index contributed by atoms with van der Waals surface area (Å²) in [7, 11) is 0. The fourth-order valence-electron chi connectivity index (χ4n) is 4.12. The molecular formula is C28H26FN7O2. The van der Waals surface area contributed by atoms with Crippen molar-refractivity contribution >= 4 is 22.5 Å². The van der Waals surface area contributed by atoms with E-state index >= 15 is 0 Å². The van der Waals surface area contributed by atoms with Crippen LogP contribution in [0.5, 0.6) is 5.75 Å². The first-order chi connectivity index (χ1) is 18.4. The Labute approximate surface area is 218 Å². The maximum absolute atomic E-state index is 14.0. The smallest absolute Gasteiger partial charge is 0.248 e. The number of H-pyrrole nitrogens is 1. The molecule has 5 rings (SSSR count). The third-order valence-electron chi connectivity index (χ3n) is 5.86. The molecule has 0 radical (unpaired) electrons. The van der Waals surface area contributed by atoms with Crippen molar-refractivity contribution in [2.75, 3.05) is 18.5 Å². The maximum Gasteiger partial charge on any atom is 0.248 e. The number of nitrogens with zero attached hydrogens (tertiary/aromatic N) is 3. The highest BCUT2D eigenvalue weighted by Crippen LogP contribution is 2.32. The van der Waals surface area contributed by atoms with E-state index in [1.165, 1.54) is 12.1 Å².